The van der Waals surface area contributed by atoms with Gasteiger partial charge < -0.3 is 14.6 Å². The molecule has 0 radical (unpaired) electrons. The van der Waals surface area contributed by atoms with Gasteiger partial charge in [-0.05, 0) is 53.8 Å². The Morgan fingerprint density at radius 3 is 2.62 bits per heavy atom. The van der Waals surface area contributed by atoms with Gasteiger partial charge in [-0.25, -0.2) is 4.99 Å². The molecule has 1 aliphatic carbocycles. The van der Waals surface area contributed by atoms with Gasteiger partial charge in [0.1, 0.15) is 5.75 Å². The predicted octanol–water partition coefficient (Wildman–Crippen LogP) is 4.69. The molecule has 0 bridgehead atoms. The number of ether oxygens (including phenoxy) is 2. The first kappa shape index (κ1) is 23.6. The van der Waals surface area contributed by atoms with Crippen LogP contribution >= 0.6 is 22.9 Å². The molecule has 1 atom stereocenters. The van der Waals surface area contributed by atoms with Crippen molar-refractivity contribution in [1.29, 1.82) is 0 Å². The first-order chi connectivity index (χ1) is 18.0. The molecule has 1 aliphatic heterocycles. The Labute approximate surface area is 222 Å². The Bertz CT molecular complexity index is 1770. The second-order valence-electron chi connectivity index (χ2n) is 8.91. The van der Waals surface area contributed by atoms with Crippen LogP contribution < -0.4 is 24.4 Å². The molecule has 2 heterocycles. The van der Waals surface area contributed by atoms with Crippen molar-refractivity contribution in [2.24, 2.45) is 4.99 Å². The molecule has 3 aromatic carbocycles. The lowest BCUT2D eigenvalue weighted by Crippen LogP contribution is -2.39. The number of hydrogen-bond donors (Lipinski definition) is 1. The fourth-order valence-electron chi connectivity index (χ4n) is 5.18. The van der Waals surface area contributed by atoms with Crippen LogP contribution in [0.15, 0.2) is 76.0 Å². The number of phenolic OH excluding ortho intramolecular Hbond substituents is 1. The van der Waals surface area contributed by atoms with E-state index in [1.807, 2.05) is 30.3 Å². The van der Waals surface area contributed by atoms with Crippen molar-refractivity contribution in [3.8, 4) is 17.2 Å². The van der Waals surface area contributed by atoms with E-state index < -0.39 is 0 Å². The van der Waals surface area contributed by atoms with Gasteiger partial charge in [-0.2, -0.15) is 0 Å². The lowest BCUT2D eigenvalue weighted by molar-refractivity contribution is 0.373. The number of benzene rings is 3. The lowest BCUT2D eigenvalue weighted by atomic mass is 9.83. The standard InChI is InChI=1S/C29H23ClN2O4S/c1-35-22-10-6-5-9-19(22)26-20-12-11-17-7-3-4-8-18(17)25(20)31-29-32(26)28(34)24(37-29)15-16-13-21(30)27(33)23(14-16)36-2/h3-10,13-15,26,33H,11-12H2,1-2H3/b24-15-/t26-/m0/s1. The summed E-state index contributed by atoms with van der Waals surface area (Å²) in [6.07, 6.45) is 3.44. The highest BCUT2D eigenvalue weighted by Crippen LogP contribution is 2.43. The van der Waals surface area contributed by atoms with E-state index in [0.29, 0.717) is 14.9 Å². The average molecular weight is 531 g/mol. The average Bonchev–Trinajstić information content (AvgIpc) is 3.23. The monoisotopic (exact) mass is 530 g/mol. The molecule has 0 spiro atoms. The largest absolute Gasteiger partial charge is 0.503 e. The van der Waals surface area contributed by atoms with Crippen LogP contribution in [-0.2, 0) is 6.42 Å². The van der Waals surface area contributed by atoms with Gasteiger partial charge in [-0.1, -0.05) is 65.4 Å². The van der Waals surface area contributed by atoms with Gasteiger partial charge in [0.15, 0.2) is 16.3 Å². The molecule has 1 aromatic heterocycles. The number of aryl methyl sites for hydroxylation is 1. The number of aromatic nitrogens is 1. The quantitative estimate of drug-likeness (QED) is 0.415. The number of rotatable bonds is 4. The van der Waals surface area contributed by atoms with E-state index in [1.165, 1.54) is 24.0 Å². The maximum absolute atomic E-state index is 13.9. The molecule has 2 aliphatic rings. The lowest BCUT2D eigenvalue weighted by Gasteiger charge is -2.31. The Hall–Kier alpha value is -3.81. The summed E-state index contributed by atoms with van der Waals surface area (Å²) < 4.78 is 13.3. The van der Waals surface area contributed by atoms with Gasteiger partial charge in [0.25, 0.3) is 5.56 Å². The number of methoxy groups -OCH3 is 2. The third kappa shape index (κ3) is 3.86. The number of hydrogen-bond acceptors (Lipinski definition) is 6. The van der Waals surface area contributed by atoms with Crippen molar-refractivity contribution in [2.75, 3.05) is 14.2 Å². The van der Waals surface area contributed by atoms with Crippen LogP contribution in [0.5, 0.6) is 17.2 Å². The topological polar surface area (TPSA) is 73.1 Å². The molecule has 0 saturated heterocycles. The number of nitrogens with zero attached hydrogens (tertiary/aromatic N) is 2. The maximum Gasteiger partial charge on any atom is 0.271 e. The molecule has 37 heavy (non-hydrogen) atoms. The van der Waals surface area contributed by atoms with Gasteiger partial charge in [0.2, 0.25) is 0 Å². The van der Waals surface area contributed by atoms with Crippen LogP contribution in [0.25, 0.3) is 11.8 Å². The first-order valence-corrected chi connectivity index (χ1v) is 13.0. The molecule has 0 amide bonds. The predicted molar refractivity (Wildman–Crippen MR) is 145 cm³/mol. The highest BCUT2D eigenvalue weighted by molar-refractivity contribution is 7.07. The molecule has 0 saturated carbocycles. The maximum atomic E-state index is 13.9. The van der Waals surface area contributed by atoms with E-state index in [0.717, 1.165) is 41.0 Å². The summed E-state index contributed by atoms with van der Waals surface area (Å²) in [5, 5.41) is 10.3. The van der Waals surface area contributed by atoms with Crippen LogP contribution in [-0.4, -0.2) is 23.9 Å². The van der Waals surface area contributed by atoms with E-state index in [9.17, 15) is 9.90 Å². The highest BCUT2D eigenvalue weighted by Gasteiger charge is 2.34. The van der Waals surface area contributed by atoms with Crippen LogP contribution in [0.1, 0.15) is 34.7 Å². The smallest absolute Gasteiger partial charge is 0.271 e. The van der Waals surface area contributed by atoms with E-state index >= 15 is 0 Å². The number of allylic oxidation sites excluding steroid dienone is 1. The van der Waals surface area contributed by atoms with E-state index in [1.54, 1.807) is 29.9 Å². The van der Waals surface area contributed by atoms with Crippen LogP contribution in [0, 0.1) is 0 Å². The third-order valence-electron chi connectivity index (χ3n) is 6.87. The van der Waals surface area contributed by atoms with E-state index in [4.69, 9.17) is 26.1 Å². The van der Waals surface area contributed by atoms with Gasteiger partial charge in [-0.3, -0.25) is 9.36 Å². The summed E-state index contributed by atoms with van der Waals surface area (Å²) in [4.78, 5) is 19.6. The molecule has 0 fully saturated rings. The Morgan fingerprint density at radius 1 is 1.05 bits per heavy atom. The summed E-state index contributed by atoms with van der Waals surface area (Å²) in [7, 11) is 3.11. The van der Waals surface area contributed by atoms with Crippen molar-refractivity contribution in [2.45, 2.75) is 18.9 Å². The fraction of sp³-hybridized carbons (Fsp3) is 0.172. The summed E-state index contributed by atoms with van der Waals surface area (Å²) in [6, 6.07) is 19.1. The van der Waals surface area contributed by atoms with Crippen molar-refractivity contribution in [3.63, 3.8) is 0 Å². The van der Waals surface area contributed by atoms with E-state index in [2.05, 4.69) is 18.2 Å². The Kier molecular flexibility index (Phi) is 5.89. The van der Waals surface area contributed by atoms with Gasteiger partial charge in [-0.15, -0.1) is 0 Å². The summed E-state index contributed by atoms with van der Waals surface area (Å²) >= 11 is 7.53. The zero-order valence-corrected chi connectivity index (χ0v) is 21.8. The molecule has 6 rings (SSSR count). The van der Waals surface area contributed by atoms with Crippen LogP contribution in [0.3, 0.4) is 0 Å². The Morgan fingerprint density at radius 2 is 1.81 bits per heavy atom. The molecule has 1 N–H and O–H groups in total. The van der Waals surface area contributed by atoms with Gasteiger partial charge in [0.05, 0.1) is 35.5 Å². The number of aromatic hydroxyl groups is 1. The summed E-state index contributed by atoms with van der Waals surface area (Å²) in [5.74, 6) is 0.834. The van der Waals surface area contributed by atoms with Crippen LogP contribution in [0.4, 0.5) is 0 Å². The fourth-order valence-corrected chi connectivity index (χ4v) is 6.40. The molecule has 6 nitrogen and oxygen atoms in total. The number of phenols is 1. The molecular formula is C29H23ClN2O4S. The SMILES string of the molecule is COc1ccccc1[C@H]1C2=C(N=c3s/c(=C\c4cc(Cl)c(O)c(OC)c4)c(=O)n31)c1ccccc1CC2. The first-order valence-electron chi connectivity index (χ1n) is 11.8. The minimum absolute atomic E-state index is 0.134. The van der Waals surface area contributed by atoms with E-state index in [-0.39, 0.29) is 28.1 Å². The Balaban J connectivity index is 1.63. The molecule has 0 unspecified atom stereocenters. The summed E-state index contributed by atoms with van der Waals surface area (Å²) in [6.45, 7) is 0. The number of fused-ring (bicyclic) bond motifs is 3. The molecule has 4 aromatic rings. The zero-order chi connectivity index (χ0) is 25.7. The van der Waals surface area contributed by atoms with Crippen molar-refractivity contribution < 1.29 is 14.6 Å². The number of para-hydroxylation sites is 1. The minimum atomic E-state index is -0.337. The minimum Gasteiger partial charge on any atom is -0.503 e. The van der Waals surface area contributed by atoms with Gasteiger partial charge in [0, 0.05) is 11.1 Å². The number of thiazole rings is 1. The molecule has 8 heteroatoms. The van der Waals surface area contributed by atoms with Gasteiger partial charge >= 0.3 is 0 Å². The summed E-state index contributed by atoms with van der Waals surface area (Å²) in [5.41, 5.74) is 5.83. The van der Waals surface area contributed by atoms with Crippen molar-refractivity contribution in [1.82, 2.24) is 4.57 Å². The third-order valence-corrected chi connectivity index (χ3v) is 8.15. The zero-order valence-electron chi connectivity index (χ0n) is 20.2. The van der Waals surface area contributed by atoms with Crippen molar-refractivity contribution in [3.05, 3.63) is 113 Å². The van der Waals surface area contributed by atoms with Crippen molar-refractivity contribution >= 4 is 34.7 Å². The number of halogens is 1. The normalized spacial score (nSPS) is 16.5. The highest BCUT2D eigenvalue weighted by atomic mass is 35.5. The molecule has 186 valence electrons. The second kappa shape index (κ2) is 9.25. The molecular weight excluding hydrogens is 508 g/mol. The van der Waals surface area contributed by atoms with Crippen LogP contribution in [0.2, 0.25) is 5.02 Å². The second-order valence-corrected chi connectivity index (χ2v) is 10.3.